The molecule has 0 saturated carbocycles. The Morgan fingerprint density at radius 2 is 1.90 bits per heavy atom. The molecular weight excluding hydrogens is 378 g/mol. The third-order valence-corrected chi connectivity index (χ3v) is 6.01. The fourth-order valence-electron chi connectivity index (χ4n) is 4.23. The van der Waals surface area contributed by atoms with Crippen molar-refractivity contribution in [2.45, 2.75) is 18.4 Å². The first-order valence-electron chi connectivity index (χ1n) is 10.0. The summed E-state index contributed by atoms with van der Waals surface area (Å²) in [5.74, 6) is -0.500. The molecule has 0 unspecified atom stereocenters. The molecule has 0 spiro atoms. The Balaban J connectivity index is 1.77. The van der Waals surface area contributed by atoms with Gasteiger partial charge < -0.3 is 15.4 Å². The van der Waals surface area contributed by atoms with E-state index < -0.39 is 11.5 Å². The van der Waals surface area contributed by atoms with E-state index in [9.17, 15) is 10.1 Å². The van der Waals surface area contributed by atoms with Crippen molar-refractivity contribution in [1.82, 2.24) is 4.90 Å². The van der Waals surface area contributed by atoms with E-state index in [1.165, 1.54) is 4.90 Å². The zero-order valence-electron chi connectivity index (χ0n) is 17.2. The van der Waals surface area contributed by atoms with E-state index in [1.54, 1.807) is 19.2 Å². The second-order valence-corrected chi connectivity index (χ2v) is 7.83. The zero-order chi connectivity index (χ0) is 21.3. The van der Waals surface area contributed by atoms with Crippen molar-refractivity contribution in [3.8, 4) is 6.07 Å². The van der Waals surface area contributed by atoms with Crippen LogP contribution in [0.15, 0.2) is 53.5 Å². The molecule has 30 heavy (non-hydrogen) atoms. The van der Waals surface area contributed by atoms with Crippen molar-refractivity contribution < 1.29 is 9.53 Å². The van der Waals surface area contributed by atoms with Crippen molar-refractivity contribution in [2.75, 3.05) is 38.3 Å². The second kappa shape index (κ2) is 7.81. The number of benzene rings is 2. The highest BCUT2D eigenvalue weighted by atomic mass is 16.5. The minimum absolute atomic E-state index is 0.119. The molecule has 0 aliphatic carbocycles. The molecule has 4 rings (SSSR count). The summed E-state index contributed by atoms with van der Waals surface area (Å²) in [5.41, 5.74) is 8.45. The Bertz CT molecular complexity index is 1020. The third kappa shape index (κ3) is 3.40. The van der Waals surface area contributed by atoms with Gasteiger partial charge in [-0.25, -0.2) is 4.99 Å². The normalized spacial score (nSPS) is 24.4. The van der Waals surface area contributed by atoms with Crippen molar-refractivity contribution >= 4 is 17.6 Å². The van der Waals surface area contributed by atoms with E-state index in [-0.39, 0.29) is 11.9 Å². The van der Waals surface area contributed by atoms with Crippen LogP contribution in [0.5, 0.6) is 0 Å². The van der Waals surface area contributed by atoms with Crippen LogP contribution < -0.4 is 10.6 Å². The summed E-state index contributed by atoms with van der Waals surface area (Å²) in [7, 11) is 1.64. The molecule has 1 amide bonds. The lowest BCUT2D eigenvalue weighted by Crippen LogP contribution is -2.52. The average Bonchev–Trinajstić information content (AvgIpc) is 2.79. The number of anilines is 1. The standard InChI is InChI=1S/C23H25N5O2/c1-23(18-5-3-4-16(14-18)15-24)20(21(29)27(2)22(25)26-23)17-6-8-19(9-7-17)28-10-12-30-13-11-28/h3-9,14,20H,10-13H2,1-2H3,(H2,25,26)/t20-,23-/m1/s1. The number of nitriles is 1. The van der Waals surface area contributed by atoms with E-state index in [2.05, 4.69) is 11.0 Å². The number of guanidine groups is 1. The largest absolute Gasteiger partial charge is 0.378 e. The van der Waals surface area contributed by atoms with E-state index in [0.717, 1.165) is 43.1 Å². The van der Waals surface area contributed by atoms with Gasteiger partial charge in [0.2, 0.25) is 5.91 Å². The number of rotatable bonds is 3. The second-order valence-electron chi connectivity index (χ2n) is 7.83. The minimum atomic E-state index is -0.916. The maximum absolute atomic E-state index is 13.3. The summed E-state index contributed by atoms with van der Waals surface area (Å²) in [5, 5.41) is 9.33. The highest BCUT2D eigenvalue weighted by molar-refractivity contribution is 6.02. The molecule has 1 saturated heterocycles. The van der Waals surface area contributed by atoms with Gasteiger partial charge in [-0.15, -0.1) is 0 Å². The number of nitrogens with zero attached hydrogens (tertiary/aromatic N) is 4. The fraction of sp³-hybridized carbons (Fsp3) is 0.348. The van der Waals surface area contributed by atoms with E-state index >= 15 is 0 Å². The van der Waals surface area contributed by atoms with Gasteiger partial charge in [0, 0.05) is 25.8 Å². The van der Waals surface area contributed by atoms with Crippen LogP contribution in [-0.2, 0) is 15.1 Å². The summed E-state index contributed by atoms with van der Waals surface area (Å²) < 4.78 is 5.43. The zero-order valence-corrected chi connectivity index (χ0v) is 17.2. The molecule has 0 bridgehead atoms. The number of aliphatic imine (C=N–C) groups is 1. The van der Waals surface area contributed by atoms with E-state index in [1.807, 2.05) is 43.3 Å². The monoisotopic (exact) mass is 403 g/mol. The molecule has 2 aromatic rings. The Kier molecular flexibility index (Phi) is 5.18. The van der Waals surface area contributed by atoms with E-state index in [0.29, 0.717) is 5.56 Å². The number of carbonyl (C=O) groups excluding carboxylic acids is 1. The van der Waals surface area contributed by atoms with Gasteiger partial charge in [-0.1, -0.05) is 24.3 Å². The molecule has 2 N–H and O–H groups in total. The number of carbonyl (C=O) groups is 1. The molecule has 2 heterocycles. The third-order valence-electron chi connectivity index (χ3n) is 6.01. The Morgan fingerprint density at radius 1 is 1.20 bits per heavy atom. The maximum atomic E-state index is 13.3. The lowest BCUT2D eigenvalue weighted by Gasteiger charge is -2.41. The molecule has 2 aliphatic heterocycles. The van der Waals surface area contributed by atoms with Crippen molar-refractivity contribution in [2.24, 2.45) is 10.7 Å². The average molecular weight is 403 g/mol. The number of ether oxygens (including phenoxy) is 1. The quantitative estimate of drug-likeness (QED) is 0.848. The number of hydrogen-bond acceptors (Lipinski definition) is 6. The van der Waals surface area contributed by atoms with Crippen LogP contribution >= 0.6 is 0 Å². The molecule has 1 fully saturated rings. The smallest absolute Gasteiger partial charge is 0.239 e. The van der Waals surface area contributed by atoms with Gasteiger partial charge in [0.05, 0.1) is 30.8 Å². The summed E-state index contributed by atoms with van der Waals surface area (Å²) in [6.07, 6.45) is 0. The van der Waals surface area contributed by atoms with Crippen LogP contribution in [-0.4, -0.2) is 50.1 Å². The van der Waals surface area contributed by atoms with Crippen LogP contribution in [0, 0.1) is 11.3 Å². The molecular formula is C23H25N5O2. The molecule has 2 aliphatic rings. The highest BCUT2D eigenvalue weighted by Gasteiger charge is 2.47. The van der Waals surface area contributed by atoms with Crippen LogP contribution in [0.1, 0.15) is 29.5 Å². The van der Waals surface area contributed by atoms with Crippen molar-refractivity contribution in [3.63, 3.8) is 0 Å². The number of likely N-dealkylation sites (N-methyl/N-ethyl adjacent to an activating group) is 1. The van der Waals surface area contributed by atoms with Gasteiger partial charge in [-0.2, -0.15) is 5.26 Å². The summed E-state index contributed by atoms with van der Waals surface area (Å²) in [4.78, 5) is 21.7. The van der Waals surface area contributed by atoms with Gasteiger partial charge in [-0.05, 0) is 42.3 Å². The molecule has 154 valence electrons. The van der Waals surface area contributed by atoms with Gasteiger partial charge in [0.25, 0.3) is 0 Å². The first-order chi connectivity index (χ1) is 14.4. The van der Waals surface area contributed by atoms with Crippen LogP contribution in [0.4, 0.5) is 5.69 Å². The predicted octanol–water partition coefficient (Wildman–Crippen LogP) is 2.18. The minimum Gasteiger partial charge on any atom is -0.378 e. The molecule has 7 nitrogen and oxygen atoms in total. The fourth-order valence-corrected chi connectivity index (χ4v) is 4.23. The first kappa shape index (κ1) is 19.9. The predicted molar refractivity (Wildman–Crippen MR) is 115 cm³/mol. The SMILES string of the molecule is CN1C(=O)[C@@H](c2ccc(N3CCOCC3)cc2)[C@@](C)(c2cccc(C#N)c2)N=C1N. The number of amides is 1. The first-order valence-corrected chi connectivity index (χ1v) is 10.0. The Hall–Kier alpha value is -3.37. The Labute approximate surface area is 176 Å². The number of morpholine rings is 1. The maximum Gasteiger partial charge on any atom is 0.239 e. The Morgan fingerprint density at radius 3 is 2.57 bits per heavy atom. The summed E-state index contributed by atoms with van der Waals surface area (Å²) in [6, 6.07) is 17.5. The lowest BCUT2D eigenvalue weighted by atomic mass is 9.74. The number of nitrogens with two attached hydrogens (primary N) is 1. The van der Waals surface area contributed by atoms with Gasteiger partial charge in [0.1, 0.15) is 5.54 Å². The molecule has 0 radical (unpaired) electrons. The lowest BCUT2D eigenvalue weighted by molar-refractivity contribution is -0.130. The van der Waals surface area contributed by atoms with Crippen molar-refractivity contribution in [3.05, 3.63) is 65.2 Å². The van der Waals surface area contributed by atoms with Crippen molar-refractivity contribution in [1.29, 1.82) is 5.26 Å². The van der Waals surface area contributed by atoms with Crippen LogP contribution in [0.25, 0.3) is 0 Å². The molecule has 2 atom stereocenters. The summed E-state index contributed by atoms with van der Waals surface area (Å²) in [6.45, 7) is 5.04. The van der Waals surface area contributed by atoms with Crippen LogP contribution in [0.2, 0.25) is 0 Å². The number of hydrogen-bond donors (Lipinski definition) is 1. The van der Waals surface area contributed by atoms with Crippen LogP contribution in [0.3, 0.4) is 0 Å². The molecule has 2 aromatic carbocycles. The summed E-state index contributed by atoms with van der Waals surface area (Å²) >= 11 is 0. The van der Waals surface area contributed by atoms with Gasteiger partial charge >= 0.3 is 0 Å². The molecule has 7 heteroatoms. The van der Waals surface area contributed by atoms with Gasteiger partial charge in [-0.3, -0.25) is 9.69 Å². The highest BCUT2D eigenvalue weighted by Crippen LogP contribution is 2.44. The molecule has 0 aromatic heterocycles. The van der Waals surface area contributed by atoms with Gasteiger partial charge in [0.15, 0.2) is 5.96 Å². The van der Waals surface area contributed by atoms with E-state index in [4.69, 9.17) is 15.5 Å². The topological polar surface area (TPSA) is 95.0 Å².